The number of fused-ring (bicyclic) bond motifs is 5. The van der Waals surface area contributed by atoms with E-state index in [1.54, 1.807) is 6.07 Å². The Hall–Kier alpha value is -2.79. The molecule has 36 heavy (non-hydrogen) atoms. The van der Waals surface area contributed by atoms with Crippen LogP contribution in [0.3, 0.4) is 0 Å². The molecule has 5 heteroatoms. The summed E-state index contributed by atoms with van der Waals surface area (Å²) in [5.41, 5.74) is 8.34. The maximum Gasteiger partial charge on any atom is 0.335 e. The summed E-state index contributed by atoms with van der Waals surface area (Å²) < 4.78 is 2.46. The molecule has 1 saturated carbocycles. The average molecular weight is 486 g/mol. The quantitative estimate of drug-likeness (QED) is 0.439. The topological polar surface area (TPSA) is 48.7 Å². The van der Waals surface area contributed by atoms with Crippen molar-refractivity contribution in [1.82, 2.24) is 9.47 Å². The van der Waals surface area contributed by atoms with Crippen molar-refractivity contribution in [2.75, 3.05) is 37.6 Å². The maximum atomic E-state index is 11.9. The fraction of sp³-hybridized carbons (Fsp3) is 0.516. The zero-order chi connectivity index (χ0) is 24.6. The van der Waals surface area contributed by atoms with E-state index in [9.17, 15) is 9.90 Å². The largest absolute Gasteiger partial charge is 0.478 e. The number of carboxylic acids is 1. The highest BCUT2D eigenvalue weighted by Gasteiger charge is 2.31. The fourth-order valence-corrected chi connectivity index (χ4v) is 7.11. The van der Waals surface area contributed by atoms with Crippen molar-refractivity contribution >= 4 is 22.6 Å². The molecule has 2 aromatic carbocycles. The number of carboxylic acid groups (broad SMARTS) is 1. The van der Waals surface area contributed by atoms with Crippen molar-refractivity contribution in [2.45, 2.75) is 70.8 Å². The Morgan fingerprint density at radius 2 is 1.69 bits per heavy atom. The third-order valence-electron chi connectivity index (χ3n) is 8.90. The molecule has 3 aromatic rings. The summed E-state index contributed by atoms with van der Waals surface area (Å²) in [7, 11) is 0. The number of benzene rings is 2. The van der Waals surface area contributed by atoms with Gasteiger partial charge in [0.05, 0.1) is 11.3 Å². The van der Waals surface area contributed by atoms with E-state index in [2.05, 4.69) is 45.6 Å². The molecule has 6 rings (SSSR count). The van der Waals surface area contributed by atoms with Crippen LogP contribution in [0.1, 0.15) is 78.8 Å². The van der Waals surface area contributed by atoms with Crippen molar-refractivity contribution in [1.29, 1.82) is 0 Å². The number of para-hydroxylation sites is 1. The number of likely N-dealkylation sites (tertiary alicyclic amines) is 1. The first kappa shape index (κ1) is 23.6. The van der Waals surface area contributed by atoms with Crippen LogP contribution in [-0.2, 0) is 6.54 Å². The van der Waals surface area contributed by atoms with Gasteiger partial charge in [-0.15, -0.1) is 0 Å². The Morgan fingerprint density at radius 1 is 0.917 bits per heavy atom. The Labute approximate surface area is 214 Å². The number of aryl methyl sites for hydroxylation is 1. The summed E-state index contributed by atoms with van der Waals surface area (Å²) in [5.74, 6) is -0.305. The molecule has 0 bridgehead atoms. The number of hydrogen-bond acceptors (Lipinski definition) is 3. The molecule has 2 fully saturated rings. The summed E-state index contributed by atoms with van der Waals surface area (Å²) in [6, 6.07) is 12.6. The summed E-state index contributed by atoms with van der Waals surface area (Å²) in [6.07, 6.45) is 10.4. The van der Waals surface area contributed by atoms with Gasteiger partial charge in [-0.2, -0.15) is 0 Å². The molecule has 0 radical (unpaired) electrons. The molecule has 0 unspecified atom stereocenters. The number of aromatic carboxylic acids is 1. The standard InChI is InChI=1S/C31H39N3O2/c1-22-9-8-12-26-29(22)33(18-17-32-15-6-3-7-16-32)19-20-34-27-21-24(31(35)36)13-14-25(27)28(30(26)34)23-10-4-2-5-11-23/h8-9,12-14,21,23H,2-7,10-11,15-20H2,1H3,(H,35,36). The number of piperidine rings is 1. The van der Waals surface area contributed by atoms with Crippen LogP contribution in [0.2, 0.25) is 0 Å². The molecule has 0 spiro atoms. The number of nitrogens with zero attached hydrogens (tertiary/aromatic N) is 3. The Bertz CT molecular complexity index is 1260. The smallest absolute Gasteiger partial charge is 0.335 e. The van der Waals surface area contributed by atoms with Gasteiger partial charge >= 0.3 is 5.97 Å². The Morgan fingerprint density at radius 3 is 2.47 bits per heavy atom. The molecule has 0 atom stereocenters. The van der Waals surface area contributed by atoms with E-state index in [1.165, 1.54) is 97.9 Å². The minimum Gasteiger partial charge on any atom is -0.478 e. The van der Waals surface area contributed by atoms with E-state index in [4.69, 9.17) is 0 Å². The number of carbonyl (C=O) groups is 1. The normalized spacial score (nSPS) is 19.2. The lowest BCUT2D eigenvalue weighted by Crippen LogP contribution is -2.39. The molecular weight excluding hydrogens is 446 g/mol. The molecular formula is C31H39N3O2. The molecule has 5 nitrogen and oxygen atoms in total. The molecule has 3 aliphatic rings. The van der Waals surface area contributed by atoms with Gasteiger partial charge in [-0.05, 0) is 74.9 Å². The molecule has 1 N–H and O–H groups in total. The van der Waals surface area contributed by atoms with E-state index < -0.39 is 5.97 Å². The van der Waals surface area contributed by atoms with Gasteiger partial charge in [-0.3, -0.25) is 0 Å². The van der Waals surface area contributed by atoms with Gasteiger partial charge in [0.15, 0.2) is 0 Å². The molecule has 2 aliphatic heterocycles. The van der Waals surface area contributed by atoms with Gasteiger partial charge in [-0.1, -0.05) is 49.9 Å². The first-order valence-electron chi connectivity index (χ1n) is 14.1. The first-order valence-corrected chi connectivity index (χ1v) is 14.1. The lowest BCUT2D eigenvalue weighted by Gasteiger charge is -2.32. The van der Waals surface area contributed by atoms with Crippen LogP contribution in [0.4, 0.5) is 5.69 Å². The van der Waals surface area contributed by atoms with Gasteiger partial charge < -0.3 is 19.5 Å². The van der Waals surface area contributed by atoms with Crippen molar-refractivity contribution < 1.29 is 9.90 Å². The average Bonchev–Trinajstić information content (AvgIpc) is 3.13. The number of aromatic nitrogens is 1. The number of rotatable bonds is 5. The summed E-state index contributed by atoms with van der Waals surface area (Å²) in [6.45, 7) is 8.70. The lowest BCUT2D eigenvalue weighted by molar-refractivity contribution is 0.0697. The lowest BCUT2D eigenvalue weighted by atomic mass is 9.81. The molecule has 3 heterocycles. The minimum absolute atomic E-state index is 0.383. The van der Waals surface area contributed by atoms with Gasteiger partial charge in [0.2, 0.25) is 0 Å². The molecule has 1 aliphatic carbocycles. The Kier molecular flexibility index (Phi) is 6.51. The van der Waals surface area contributed by atoms with Crippen LogP contribution in [0.15, 0.2) is 36.4 Å². The highest BCUT2D eigenvalue weighted by atomic mass is 16.4. The third-order valence-corrected chi connectivity index (χ3v) is 8.90. The Balaban J connectivity index is 1.49. The van der Waals surface area contributed by atoms with E-state index in [0.29, 0.717) is 11.5 Å². The van der Waals surface area contributed by atoms with Gasteiger partial charge in [0.1, 0.15) is 0 Å². The van der Waals surface area contributed by atoms with Crippen molar-refractivity contribution in [3.63, 3.8) is 0 Å². The first-order chi connectivity index (χ1) is 17.6. The van der Waals surface area contributed by atoms with E-state index >= 15 is 0 Å². The highest BCUT2D eigenvalue weighted by molar-refractivity contribution is 6.00. The maximum absolute atomic E-state index is 11.9. The van der Waals surface area contributed by atoms with Gasteiger partial charge in [-0.25, -0.2) is 4.79 Å². The summed E-state index contributed by atoms with van der Waals surface area (Å²) in [5, 5.41) is 11.0. The SMILES string of the molecule is Cc1cccc2c1N(CCN1CCCCC1)CCn1c-2c(C2CCCCC2)c2ccc(C(=O)O)cc21. The monoisotopic (exact) mass is 485 g/mol. The van der Waals surface area contributed by atoms with Crippen LogP contribution in [0.25, 0.3) is 22.2 Å². The third kappa shape index (κ3) is 4.21. The van der Waals surface area contributed by atoms with E-state index in [0.717, 1.165) is 31.7 Å². The van der Waals surface area contributed by atoms with Crippen molar-refractivity contribution in [2.24, 2.45) is 0 Å². The predicted molar refractivity (Wildman–Crippen MR) is 147 cm³/mol. The fourth-order valence-electron chi connectivity index (χ4n) is 7.11. The van der Waals surface area contributed by atoms with Crippen molar-refractivity contribution in [3.05, 3.63) is 53.1 Å². The van der Waals surface area contributed by atoms with E-state index in [-0.39, 0.29) is 0 Å². The second-order valence-corrected chi connectivity index (χ2v) is 11.1. The van der Waals surface area contributed by atoms with Crippen LogP contribution in [0, 0.1) is 6.92 Å². The summed E-state index contributed by atoms with van der Waals surface area (Å²) in [4.78, 5) is 17.1. The molecule has 1 saturated heterocycles. The predicted octanol–water partition coefficient (Wildman–Crippen LogP) is 6.67. The van der Waals surface area contributed by atoms with Crippen molar-refractivity contribution in [3.8, 4) is 11.3 Å². The molecule has 190 valence electrons. The minimum atomic E-state index is -0.848. The zero-order valence-electron chi connectivity index (χ0n) is 21.6. The number of anilines is 1. The molecule has 1 aromatic heterocycles. The highest BCUT2D eigenvalue weighted by Crippen LogP contribution is 2.48. The van der Waals surface area contributed by atoms with Crippen LogP contribution < -0.4 is 4.90 Å². The van der Waals surface area contributed by atoms with Gasteiger partial charge in [0.25, 0.3) is 0 Å². The van der Waals surface area contributed by atoms with Crippen LogP contribution >= 0.6 is 0 Å². The second kappa shape index (κ2) is 9.93. The van der Waals surface area contributed by atoms with Crippen LogP contribution in [0.5, 0.6) is 0 Å². The summed E-state index contributed by atoms with van der Waals surface area (Å²) >= 11 is 0. The molecule has 0 amide bonds. The second-order valence-electron chi connectivity index (χ2n) is 11.1. The van der Waals surface area contributed by atoms with Gasteiger partial charge in [0, 0.05) is 48.3 Å². The zero-order valence-corrected chi connectivity index (χ0v) is 21.6. The number of hydrogen-bond donors (Lipinski definition) is 1. The van der Waals surface area contributed by atoms with Crippen LogP contribution in [-0.4, -0.2) is 53.3 Å². The van der Waals surface area contributed by atoms with E-state index in [1.807, 2.05) is 6.07 Å².